The van der Waals surface area contributed by atoms with E-state index in [2.05, 4.69) is 4.74 Å². The van der Waals surface area contributed by atoms with Crippen molar-refractivity contribution >= 4 is 11.8 Å². The molecule has 0 aliphatic heterocycles. The highest BCUT2D eigenvalue weighted by Crippen LogP contribution is 2.22. The van der Waals surface area contributed by atoms with Gasteiger partial charge in [-0.25, -0.2) is 4.79 Å². The third-order valence-corrected chi connectivity index (χ3v) is 3.94. The molecule has 0 unspecified atom stereocenters. The number of rotatable bonds is 6. The van der Waals surface area contributed by atoms with Gasteiger partial charge in [-0.05, 0) is 29.8 Å². The van der Waals surface area contributed by atoms with Gasteiger partial charge in [0.1, 0.15) is 12.4 Å². The number of carbonyl (C=O) groups is 2. The fourth-order valence-corrected chi connectivity index (χ4v) is 2.54. The van der Waals surface area contributed by atoms with E-state index >= 15 is 0 Å². The minimum Gasteiger partial charge on any atom is -0.488 e. The zero-order chi connectivity index (χ0) is 18.4. The second kappa shape index (κ2) is 8.12. The molecule has 0 heterocycles. The Hall–Kier alpha value is -3.40. The van der Waals surface area contributed by atoms with E-state index in [1.54, 1.807) is 48.5 Å². The van der Waals surface area contributed by atoms with Crippen molar-refractivity contribution in [3.05, 3.63) is 101 Å². The van der Waals surface area contributed by atoms with Crippen molar-refractivity contribution in [2.24, 2.45) is 0 Å². The van der Waals surface area contributed by atoms with E-state index in [1.165, 1.54) is 7.11 Å². The monoisotopic (exact) mass is 346 g/mol. The lowest BCUT2D eigenvalue weighted by Crippen LogP contribution is -2.06. The number of hydrogen-bond donors (Lipinski definition) is 0. The summed E-state index contributed by atoms with van der Waals surface area (Å²) in [5.41, 5.74) is 2.51. The van der Waals surface area contributed by atoms with E-state index in [1.807, 2.05) is 30.3 Å². The zero-order valence-electron chi connectivity index (χ0n) is 14.3. The largest absolute Gasteiger partial charge is 0.488 e. The molecule has 0 aromatic heterocycles. The van der Waals surface area contributed by atoms with Gasteiger partial charge in [0.15, 0.2) is 5.78 Å². The molecule has 0 saturated heterocycles. The number of benzene rings is 3. The second-order valence-corrected chi connectivity index (χ2v) is 5.67. The third kappa shape index (κ3) is 3.98. The summed E-state index contributed by atoms with van der Waals surface area (Å²) < 4.78 is 10.5. The fourth-order valence-electron chi connectivity index (χ4n) is 2.54. The van der Waals surface area contributed by atoms with E-state index in [4.69, 9.17) is 4.74 Å². The minimum absolute atomic E-state index is 0.0813. The zero-order valence-corrected chi connectivity index (χ0v) is 14.3. The predicted octanol–water partition coefficient (Wildman–Crippen LogP) is 4.28. The molecule has 0 saturated carbocycles. The van der Waals surface area contributed by atoms with Gasteiger partial charge in [0.25, 0.3) is 0 Å². The maximum Gasteiger partial charge on any atom is 0.337 e. The van der Waals surface area contributed by atoms with Crippen molar-refractivity contribution in [3.63, 3.8) is 0 Å². The number of para-hydroxylation sites is 1. The lowest BCUT2D eigenvalue weighted by molar-refractivity contribution is 0.0600. The SMILES string of the molecule is COC(=O)c1ccc(COc2ccccc2C(=O)c2ccccc2)cc1. The highest BCUT2D eigenvalue weighted by Gasteiger charge is 2.14. The molecule has 4 nitrogen and oxygen atoms in total. The van der Waals surface area contributed by atoms with Crippen LogP contribution in [0.3, 0.4) is 0 Å². The molecule has 26 heavy (non-hydrogen) atoms. The van der Waals surface area contributed by atoms with E-state index in [0.717, 1.165) is 5.56 Å². The number of esters is 1. The van der Waals surface area contributed by atoms with Gasteiger partial charge in [-0.1, -0.05) is 54.6 Å². The Morgan fingerprint density at radius 2 is 1.42 bits per heavy atom. The molecule has 0 spiro atoms. The van der Waals surface area contributed by atoms with Crippen molar-refractivity contribution in [2.45, 2.75) is 6.61 Å². The number of carbonyl (C=O) groups excluding carboxylic acids is 2. The average molecular weight is 346 g/mol. The van der Waals surface area contributed by atoms with Crippen LogP contribution in [0, 0.1) is 0 Å². The highest BCUT2D eigenvalue weighted by molar-refractivity contribution is 6.10. The Kier molecular flexibility index (Phi) is 5.44. The Balaban J connectivity index is 1.75. The predicted molar refractivity (Wildman–Crippen MR) is 98.4 cm³/mol. The summed E-state index contributed by atoms with van der Waals surface area (Å²) in [4.78, 5) is 24.2. The number of hydrogen-bond acceptors (Lipinski definition) is 4. The van der Waals surface area contributed by atoms with Crippen LogP contribution in [0.1, 0.15) is 31.8 Å². The maximum atomic E-state index is 12.7. The van der Waals surface area contributed by atoms with Gasteiger partial charge in [-0.15, -0.1) is 0 Å². The molecule has 3 aromatic rings. The van der Waals surface area contributed by atoms with Gasteiger partial charge in [-0.2, -0.15) is 0 Å². The van der Waals surface area contributed by atoms with Gasteiger partial charge < -0.3 is 9.47 Å². The first kappa shape index (κ1) is 17.4. The summed E-state index contributed by atoms with van der Waals surface area (Å²) in [5, 5.41) is 0. The Bertz CT molecular complexity index is 899. The molecule has 4 heteroatoms. The van der Waals surface area contributed by atoms with E-state index < -0.39 is 0 Å². The number of methoxy groups -OCH3 is 1. The molecule has 0 amide bonds. The van der Waals surface area contributed by atoms with Crippen LogP contribution in [0.25, 0.3) is 0 Å². The summed E-state index contributed by atoms with van der Waals surface area (Å²) in [6, 6.07) is 23.3. The Labute approximate surface area is 152 Å². The van der Waals surface area contributed by atoms with Crippen molar-refractivity contribution in [1.82, 2.24) is 0 Å². The highest BCUT2D eigenvalue weighted by atomic mass is 16.5. The molecule has 0 N–H and O–H groups in total. The lowest BCUT2D eigenvalue weighted by Gasteiger charge is -2.11. The van der Waals surface area contributed by atoms with E-state index in [9.17, 15) is 9.59 Å². The van der Waals surface area contributed by atoms with Crippen molar-refractivity contribution in [1.29, 1.82) is 0 Å². The molecule has 0 radical (unpaired) electrons. The van der Waals surface area contributed by atoms with Crippen LogP contribution >= 0.6 is 0 Å². The van der Waals surface area contributed by atoms with E-state index in [-0.39, 0.29) is 11.8 Å². The molecular formula is C22H18O4. The van der Waals surface area contributed by atoms with Crippen LogP contribution in [-0.2, 0) is 11.3 Å². The molecule has 3 rings (SSSR count). The molecule has 0 aliphatic rings. The van der Waals surface area contributed by atoms with Gasteiger partial charge in [0.05, 0.1) is 18.2 Å². The normalized spacial score (nSPS) is 10.2. The Morgan fingerprint density at radius 1 is 0.769 bits per heavy atom. The van der Waals surface area contributed by atoms with Crippen molar-refractivity contribution in [3.8, 4) is 5.75 Å². The summed E-state index contributed by atoms with van der Waals surface area (Å²) in [5.74, 6) is 0.0666. The van der Waals surface area contributed by atoms with Gasteiger partial charge in [-0.3, -0.25) is 4.79 Å². The smallest absolute Gasteiger partial charge is 0.337 e. The first-order chi connectivity index (χ1) is 12.7. The third-order valence-electron chi connectivity index (χ3n) is 3.94. The van der Waals surface area contributed by atoms with Crippen molar-refractivity contribution in [2.75, 3.05) is 7.11 Å². The minimum atomic E-state index is -0.378. The molecular weight excluding hydrogens is 328 g/mol. The molecule has 0 fully saturated rings. The van der Waals surface area contributed by atoms with Gasteiger partial charge in [0.2, 0.25) is 0 Å². The fraction of sp³-hybridized carbons (Fsp3) is 0.0909. The van der Waals surface area contributed by atoms with Crippen LogP contribution in [0.5, 0.6) is 5.75 Å². The lowest BCUT2D eigenvalue weighted by atomic mass is 10.0. The molecule has 3 aromatic carbocycles. The van der Waals surface area contributed by atoms with E-state index in [0.29, 0.717) is 29.0 Å². The summed E-state index contributed by atoms with van der Waals surface area (Å²) in [6.07, 6.45) is 0. The van der Waals surface area contributed by atoms with Crippen LogP contribution < -0.4 is 4.74 Å². The first-order valence-electron chi connectivity index (χ1n) is 8.18. The summed E-state index contributed by atoms with van der Waals surface area (Å²) in [6.45, 7) is 0.292. The molecule has 130 valence electrons. The van der Waals surface area contributed by atoms with Gasteiger partial charge >= 0.3 is 5.97 Å². The summed E-state index contributed by atoms with van der Waals surface area (Å²) in [7, 11) is 1.35. The molecule has 0 bridgehead atoms. The van der Waals surface area contributed by atoms with Crippen LogP contribution in [-0.4, -0.2) is 18.9 Å². The van der Waals surface area contributed by atoms with Crippen LogP contribution in [0.4, 0.5) is 0 Å². The van der Waals surface area contributed by atoms with Crippen LogP contribution in [0.2, 0.25) is 0 Å². The Morgan fingerprint density at radius 3 is 2.12 bits per heavy atom. The average Bonchev–Trinajstić information content (AvgIpc) is 2.72. The second-order valence-electron chi connectivity index (χ2n) is 5.67. The standard InChI is InChI=1S/C22H18O4/c1-25-22(24)18-13-11-16(12-14-18)15-26-20-10-6-5-9-19(20)21(23)17-7-3-2-4-8-17/h2-14H,15H2,1H3. The quantitative estimate of drug-likeness (QED) is 0.494. The van der Waals surface area contributed by atoms with Crippen LogP contribution in [0.15, 0.2) is 78.9 Å². The maximum absolute atomic E-state index is 12.7. The number of ketones is 1. The molecule has 0 aliphatic carbocycles. The summed E-state index contributed by atoms with van der Waals surface area (Å²) >= 11 is 0. The topological polar surface area (TPSA) is 52.6 Å². The first-order valence-corrected chi connectivity index (χ1v) is 8.18. The number of ether oxygens (including phenoxy) is 2. The van der Waals surface area contributed by atoms with Crippen molar-refractivity contribution < 1.29 is 19.1 Å². The van der Waals surface area contributed by atoms with Gasteiger partial charge in [0, 0.05) is 5.56 Å². The molecule has 0 atom stereocenters.